The number of thiophene rings is 1. The Kier molecular flexibility index (Phi) is 4.97. The van der Waals surface area contributed by atoms with Crippen molar-refractivity contribution >= 4 is 28.3 Å². The van der Waals surface area contributed by atoms with E-state index in [1.807, 2.05) is 33.2 Å². The van der Waals surface area contributed by atoms with E-state index in [0.717, 1.165) is 34.4 Å². The maximum absolute atomic E-state index is 13.3. The van der Waals surface area contributed by atoms with E-state index in [1.54, 1.807) is 24.6 Å². The quantitative estimate of drug-likeness (QED) is 0.682. The van der Waals surface area contributed by atoms with Crippen molar-refractivity contribution in [3.63, 3.8) is 0 Å². The SMILES string of the molecule is COC1CCN(C(=O)c2cc(-c3cccs3)nc3c2cnn3C(C)C)CC1. The molecule has 0 N–H and O–H groups in total. The highest BCUT2D eigenvalue weighted by Crippen LogP contribution is 2.30. The predicted molar refractivity (Wildman–Crippen MR) is 107 cm³/mol. The molecule has 0 spiro atoms. The first-order valence-corrected chi connectivity index (χ1v) is 10.2. The minimum atomic E-state index is 0.0538. The fraction of sp³-hybridized carbons (Fsp3) is 0.450. The monoisotopic (exact) mass is 384 g/mol. The summed E-state index contributed by atoms with van der Waals surface area (Å²) in [4.78, 5) is 21.1. The van der Waals surface area contributed by atoms with E-state index in [4.69, 9.17) is 9.72 Å². The first-order valence-electron chi connectivity index (χ1n) is 9.32. The third-order valence-electron chi connectivity index (χ3n) is 5.12. The molecule has 6 nitrogen and oxygen atoms in total. The van der Waals surface area contributed by atoms with Crippen LogP contribution in [0.5, 0.6) is 0 Å². The van der Waals surface area contributed by atoms with Gasteiger partial charge in [-0.3, -0.25) is 4.79 Å². The number of nitrogens with zero attached hydrogens (tertiary/aromatic N) is 4. The highest BCUT2D eigenvalue weighted by Gasteiger charge is 2.26. The number of carbonyl (C=O) groups is 1. The molecule has 0 bridgehead atoms. The summed E-state index contributed by atoms with van der Waals surface area (Å²) in [7, 11) is 1.74. The molecule has 3 aromatic rings. The van der Waals surface area contributed by atoms with Gasteiger partial charge in [-0.15, -0.1) is 11.3 Å². The van der Waals surface area contributed by atoms with Gasteiger partial charge in [0.2, 0.25) is 0 Å². The zero-order valence-electron chi connectivity index (χ0n) is 15.9. The number of hydrogen-bond donors (Lipinski definition) is 0. The molecule has 0 radical (unpaired) electrons. The van der Waals surface area contributed by atoms with Crippen LogP contribution < -0.4 is 0 Å². The molecule has 0 unspecified atom stereocenters. The van der Waals surface area contributed by atoms with Crippen molar-refractivity contribution < 1.29 is 9.53 Å². The number of methoxy groups -OCH3 is 1. The maximum atomic E-state index is 13.3. The van der Waals surface area contributed by atoms with Gasteiger partial charge in [-0.25, -0.2) is 9.67 Å². The van der Waals surface area contributed by atoms with Gasteiger partial charge in [-0.05, 0) is 44.2 Å². The van der Waals surface area contributed by atoms with Gasteiger partial charge in [0.15, 0.2) is 5.65 Å². The summed E-state index contributed by atoms with van der Waals surface area (Å²) in [5.74, 6) is 0.0538. The molecule has 4 rings (SSSR count). The summed E-state index contributed by atoms with van der Waals surface area (Å²) < 4.78 is 7.32. The van der Waals surface area contributed by atoms with Crippen LogP contribution in [-0.2, 0) is 4.74 Å². The highest BCUT2D eigenvalue weighted by molar-refractivity contribution is 7.13. The molecular weight excluding hydrogens is 360 g/mol. The molecule has 0 atom stereocenters. The molecule has 1 aliphatic rings. The third kappa shape index (κ3) is 3.37. The Balaban J connectivity index is 1.78. The summed E-state index contributed by atoms with van der Waals surface area (Å²) in [6.07, 6.45) is 3.77. The first kappa shape index (κ1) is 18.1. The lowest BCUT2D eigenvalue weighted by Gasteiger charge is -2.31. The Morgan fingerprint density at radius 2 is 2.11 bits per heavy atom. The number of amides is 1. The third-order valence-corrected chi connectivity index (χ3v) is 6.01. The zero-order valence-corrected chi connectivity index (χ0v) is 16.7. The molecule has 7 heteroatoms. The summed E-state index contributed by atoms with van der Waals surface area (Å²) in [5.41, 5.74) is 2.28. The van der Waals surface area contributed by atoms with Crippen LogP contribution >= 0.6 is 11.3 Å². The Hall–Kier alpha value is -2.25. The normalized spacial score (nSPS) is 15.8. The van der Waals surface area contributed by atoms with Gasteiger partial charge in [0.1, 0.15) is 0 Å². The number of pyridine rings is 1. The number of fused-ring (bicyclic) bond motifs is 1. The molecule has 0 aliphatic carbocycles. The van der Waals surface area contributed by atoms with Crippen LogP contribution in [0.3, 0.4) is 0 Å². The van der Waals surface area contributed by atoms with Gasteiger partial charge < -0.3 is 9.64 Å². The number of carbonyl (C=O) groups excluding carboxylic acids is 1. The largest absolute Gasteiger partial charge is 0.381 e. The summed E-state index contributed by atoms with van der Waals surface area (Å²) in [6.45, 7) is 5.58. The number of likely N-dealkylation sites (tertiary alicyclic amines) is 1. The van der Waals surface area contributed by atoms with Crippen LogP contribution in [0.2, 0.25) is 0 Å². The highest BCUT2D eigenvalue weighted by atomic mass is 32.1. The topological polar surface area (TPSA) is 60.2 Å². The lowest BCUT2D eigenvalue weighted by Crippen LogP contribution is -2.40. The molecule has 0 saturated carbocycles. The Labute approximate surface area is 162 Å². The predicted octanol–water partition coefficient (Wildman–Crippen LogP) is 3.99. The van der Waals surface area contributed by atoms with E-state index in [9.17, 15) is 4.79 Å². The fourth-order valence-corrected chi connectivity index (χ4v) is 4.27. The van der Waals surface area contributed by atoms with Gasteiger partial charge in [0, 0.05) is 26.2 Å². The van der Waals surface area contributed by atoms with Gasteiger partial charge >= 0.3 is 0 Å². The fourth-order valence-electron chi connectivity index (χ4n) is 3.59. The first-order chi connectivity index (χ1) is 13.1. The molecule has 4 heterocycles. The van der Waals surface area contributed by atoms with E-state index in [2.05, 4.69) is 18.9 Å². The van der Waals surface area contributed by atoms with Crippen LogP contribution in [0.4, 0.5) is 0 Å². The van der Waals surface area contributed by atoms with Gasteiger partial charge in [-0.1, -0.05) is 6.07 Å². The lowest BCUT2D eigenvalue weighted by molar-refractivity contribution is 0.0352. The van der Waals surface area contributed by atoms with E-state index < -0.39 is 0 Å². The molecular formula is C20H24N4O2S. The standard InChI is InChI=1S/C20H24N4O2S/c1-13(2)24-19-16(12-21-24)15(11-17(22-19)18-5-4-10-27-18)20(25)23-8-6-14(26-3)7-9-23/h4-5,10-14H,6-9H2,1-3H3. The number of piperidine rings is 1. The molecule has 0 aromatic carbocycles. The van der Waals surface area contributed by atoms with E-state index in [1.165, 1.54) is 0 Å². The summed E-state index contributed by atoms with van der Waals surface area (Å²) >= 11 is 1.63. The second-order valence-corrected chi connectivity index (χ2v) is 8.13. The van der Waals surface area contributed by atoms with Crippen molar-refractivity contribution in [2.24, 2.45) is 0 Å². The molecule has 3 aromatic heterocycles. The molecule has 27 heavy (non-hydrogen) atoms. The molecule has 142 valence electrons. The van der Waals surface area contributed by atoms with E-state index >= 15 is 0 Å². The molecule has 1 amide bonds. The minimum absolute atomic E-state index is 0.0538. The second-order valence-electron chi connectivity index (χ2n) is 7.18. The van der Waals surface area contributed by atoms with Gasteiger partial charge in [0.05, 0.1) is 33.8 Å². The molecule has 1 saturated heterocycles. The Morgan fingerprint density at radius 3 is 2.74 bits per heavy atom. The van der Waals surface area contributed by atoms with E-state index in [0.29, 0.717) is 18.7 Å². The van der Waals surface area contributed by atoms with Crippen LogP contribution in [0.25, 0.3) is 21.6 Å². The smallest absolute Gasteiger partial charge is 0.254 e. The van der Waals surface area contributed by atoms with Crippen LogP contribution in [0, 0.1) is 0 Å². The van der Waals surface area contributed by atoms with Crippen molar-refractivity contribution in [1.82, 2.24) is 19.7 Å². The van der Waals surface area contributed by atoms with Crippen molar-refractivity contribution in [3.8, 4) is 10.6 Å². The number of hydrogen-bond acceptors (Lipinski definition) is 5. The summed E-state index contributed by atoms with van der Waals surface area (Å²) in [6, 6.07) is 6.13. The van der Waals surface area contributed by atoms with Gasteiger partial charge in [-0.2, -0.15) is 5.10 Å². The maximum Gasteiger partial charge on any atom is 0.254 e. The van der Waals surface area contributed by atoms with Crippen molar-refractivity contribution in [2.45, 2.75) is 38.8 Å². The number of aromatic nitrogens is 3. The Bertz CT molecular complexity index is 940. The average Bonchev–Trinajstić information content (AvgIpc) is 3.36. The summed E-state index contributed by atoms with van der Waals surface area (Å²) in [5, 5.41) is 7.35. The van der Waals surface area contributed by atoms with Crippen molar-refractivity contribution in [2.75, 3.05) is 20.2 Å². The molecule has 1 fully saturated rings. The van der Waals surface area contributed by atoms with Crippen molar-refractivity contribution in [1.29, 1.82) is 0 Å². The van der Waals surface area contributed by atoms with Gasteiger partial charge in [0.25, 0.3) is 5.91 Å². The second kappa shape index (κ2) is 7.40. The van der Waals surface area contributed by atoms with Crippen molar-refractivity contribution in [3.05, 3.63) is 35.3 Å². The molecule has 1 aliphatic heterocycles. The zero-order chi connectivity index (χ0) is 19.0. The van der Waals surface area contributed by atoms with E-state index in [-0.39, 0.29) is 18.1 Å². The minimum Gasteiger partial charge on any atom is -0.381 e. The van der Waals surface area contributed by atoms with Crippen LogP contribution in [0.15, 0.2) is 29.8 Å². The lowest BCUT2D eigenvalue weighted by atomic mass is 10.0. The van der Waals surface area contributed by atoms with Crippen LogP contribution in [0.1, 0.15) is 43.1 Å². The van der Waals surface area contributed by atoms with Crippen LogP contribution in [-0.4, -0.2) is 51.9 Å². The Morgan fingerprint density at radius 1 is 1.33 bits per heavy atom. The average molecular weight is 385 g/mol. The number of ether oxygens (including phenoxy) is 1. The number of rotatable bonds is 4.